The molecule has 2 rings (SSSR count). The van der Waals surface area contributed by atoms with Gasteiger partial charge in [-0.3, -0.25) is 0 Å². The maximum absolute atomic E-state index is 9.67. The van der Waals surface area contributed by atoms with Crippen LogP contribution in [-0.2, 0) is 0 Å². The van der Waals surface area contributed by atoms with E-state index in [1.807, 2.05) is 31.2 Å². The van der Waals surface area contributed by atoms with Crippen LogP contribution in [0.15, 0.2) is 36.4 Å². The van der Waals surface area contributed by atoms with Crippen LogP contribution in [0, 0.1) is 6.92 Å². The first-order chi connectivity index (χ1) is 8.63. The summed E-state index contributed by atoms with van der Waals surface area (Å²) in [5.41, 5.74) is 3.05. The summed E-state index contributed by atoms with van der Waals surface area (Å²) in [4.78, 5) is 0. The number of phenols is 1. The van der Waals surface area contributed by atoms with E-state index in [0.717, 1.165) is 22.4 Å². The van der Waals surface area contributed by atoms with Crippen molar-refractivity contribution in [3.05, 3.63) is 42.0 Å². The molecular formula is C15H16O3. The molecule has 0 unspecified atom stereocenters. The van der Waals surface area contributed by atoms with Gasteiger partial charge in [0, 0.05) is 6.07 Å². The van der Waals surface area contributed by atoms with Crippen LogP contribution in [0.3, 0.4) is 0 Å². The van der Waals surface area contributed by atoms with Crippen LogP contribution < -0.4 is 9.47 Å². The Labute approximate surface area is 107 Å². The molecule has 0 radical (unpaired) electrons. The van der Waals surface area contributed by atoms with Crippen molar-refractivity contribution < 1.29 is 14.6 Å². The Hall–Kier alpha value is -2.16. The number of aromatic hydroxyl groups is 1. The van der Waals surface area contributed by atoms with E-state index in [4.69, 9.17) is 9.47 Å². The normalized spacial score (nSPS) is 10.2. The maximum atomic E-state index is 9.67. The molecule has 3 heteroatoms. The minimum atomic E-state index is 0.194. The molecule has 0 saturated heterocycles. The largest absolute Gasteiger partial charge is 0.508 e. The summed E-state index contributed by atoms with van der Waals surface area (Å²) >= 11 is 0. The summed E-state index contributed by atoms with van der Waals surface area (Å²) in [6, 6.07) is 11.0. The summed E-state index contributed by atoms with van der Waals surface area (Å²) in [6.07, 6.45) is 0. The van der Waals surface area contributed by atoms with Gasteiger partial charge in [-0.25, -0.2) is 0 Å². The van der Waals surface area contributed by atoms with E-state index in [-0.39, 0.29) is 5.75 Å². The van der Waals surface area contributed by atoms with Gasteiger partial charge in [-0.1, -0.05) is 6.07 Å². The standard InChI is InChI=1S/C15H16O3/c1-10-6-13(17-2)4-5-15(10)11-7-12(16)9-14(8-11)18-3/h4-9,16H,1-3H3. The molecule has 1 N–H and O–H groups in total. The molecular weight excluding hydrogens is 228 g/mol. The smallest absolute Gasteiger partial charge is 0.123 e. The van der Waals surface area contributed by atoms with Crippen LogP contribution in [0.2, 0.25) is 0 Å². The first kappa shape index (κ1) is 12.3. The third kappa shape index (κ3) is 2.40. The van der Waals surface area contributed by atoms with E-state index >= 15 is 0 Å². The highest BCUT2D eigenvalue weighted by molar-refractivity contribution is 5.71. The lowest BCUT2D eigenvalue weighted by Gasteiger charge is -2.10. The lowest BCUT2D eigenvalue weighted by Crippen LogP contribution is -1.89. The van der Waals surface area contributed by atoms with Gasteiger partial charge in [-0.15, -0.1) is 0 Å². The van der Waals surface area contributed by atoms with E-state index < -0.39 is 0 Å². The van der Waals surface area contributed by atoms with Crippen molar-refractivity contribution in [1.29, 1.82) is 0 Å². The molecule has 2 aromatic carbocycles. The number of phenolic OH excluding ortho intramolecular Hbond substituents is 1. The predicted molar refractivity (Wildman–Crippen MR) is 71.4 cm³/mol. The number of ether oxygens (including phenoxy) is 2. The molecule has 0 saturated carbocycles. The van der Waals surface area contributed by atoms with Crippen LogP contribution >= 0.6 is 0 Å². The third-order valence-electron chi connectivity index (χ3n) is 2.87. The second kappa shape index (κ2) is 5.00. The molecule has 0 aromatic heterocycles. The van der Waals surface area contributed by atoms with Gasteiger partial charge >= 0.3 is 0 Å². The Morgan fingerprint density at radius 1 is 0.889 bits per heavy atom. The van der Waals surface area contributed by atoms with Crippen molar-refractivity contribution in [3.8, 4) is 28.4 Å². The van der Waals surface area contributed by atoms with Crippen molar-refractivity contribution >= 4 is 0 Å². The molecule has 0 spiro atoms. The Morgan fingerprint density at radius 2 is 1.61 bits per heavy atom. The fraction of sp³-hybridized carbons (Fsp3) is 0.200. The number of benzene rings is 2. The van der Waals surface area contributed by atoms with Crippen LogP contribution in [-0.4, -0.2) is 19.3 Å². The van der Waals surface area contributed by atoms with Crippen molar-refractivity contribution in [2.24, 2.45) is 0 Å². The second-order valence-corrected chi connectivity index (χ2v) is 4.10. The van der Waals surface area contributed by atoms with Crippen LogP contribution in [0.4, 0.5) is 0 Å². The van der Waals surface area contributed by atoms with Gasteiger partial charge in [0.1, 0.15) is 17.2 Å². The van der Waals surface area contributed by atoms with E-state index in [2.05, 4.69) is 0 Å². The highest BCUT2D eigenvalue weighted by atomic mass is 16.5. The molecule has 0 bridgehead atoms. The van der Waals surface area contributed by atoms with Crippen molar-refractivity contribution in [3.63, 3.8) is 0 Å². The number of methoxy groups -OCH3 is 2. The van der Waals surface area contributed by atoms with E-state index in [1.165, 1.54) is 0 Å². The predicted octanol–water partition coefficient (Wildman–Crippen LogP) is 3.38. The third-order valence-corrected chi connectivity index (χ3v) is 2.87. The zero-order chi connectivity index (χ0) is 13.1. The van der Waals surface area contributed by atoms with Crippen LogP contribution in [0.25, 0.3) is 11.1 Å². The van der Waals surface area contributed by atoms with Gasteiger partial charge in [-0.2, -0.15) is 0 Å². The van der Waals surface area contributed by atoms with Crippen LogP contribution in [0.5, 0.6) is 17.2 Å². The van der Waals surface area contributed by atoms with Gasteiger partial charge in [0.15, 0.2) is 0 Å². The molecule has 0 atom stereocenters. The van der Waals surface area contributed by atoms with E-state index in [1.54, 1.807) is 26.4 Å². The zero-order valence-corrected chi connectivity index (χ0v) is 10.7. The number of hydrogen-bond donors (Lipinski definition) is 1. The maximum Gasteiger partial charge on any atom is 0.123 e. The average Bonchev–Trinajstić information content (AvgIpc) is 2.37. The summed E-state index contributed by atoms with van der Waals surface area (Å²) in [7, 11) is 3.23. The first-order valence-electron chi connectivity index (χ1n) is 5.67. The molecule has 0 fully saturated rings. The molecule has 0 aliphatic heterocycles. The summed E-state index contributed by atoms with van der Waals surface area (Å²) in [5, 5.41) is 9.67. The minimum absolute atomic E-state index is 0.194. The SMILES string of the molecule is COc1cc(O)cc(-c2ccc(OC)cc2C)c1. The highest BCUT2D eigenvalue weighted by Crippen LogP contribution is 2.32. The molecule has 2 aromatic rings. The molecule has 0 amide bonds. The number of aryl methyl sites for hydroxylation is 1. The lowest BCUT2D eigenvalue weighted by molar-refractivity contribution is 0.408. The average molecular weight is 244 g/mol. The molecule has 0 aliphatic rings. The monoisotopic (exact) mass is 244 g/mol. The zero-order valence-electron chi connectivity index (χ0n) is 10.7. The van der Waals surface area contributed by atoms with Gasteiger partial charge in [-0.05, 0) is 47.9 Å². The molecule has 0 aliphatic carbocycles. The van der Waals surface area contributed by atoms with E-state index in [9.17, 15) is 5.11 Å². The van der Waals surface area contributed by atoms with Crippen molar-refractivity contribution in [2.45, 2.75) is 6.92 Å². The van der Waals surface area contributed by atoms with Crippen LogP contribution in [0.1, 0.15) is 5.56 Å². The minimum Gasteiger partial charge on any atom is -0.508 e. The second-order valence-electron chi connectivity index (χ2n) is 4.10. The van der Waals surface area contributed by atoms with Gasteiger partial charge in [0.05, 0.1) is 14.2 Å². The topological polar surface area (TPSA) is 38.7 Å². The fourth-order valence-corrected chi connectivity index (χ4v) is 1.94. The quantitative estimate of drug-likeness (QED) is 0.899. The summed E-state index contributed by atoms with van der Waals surface area (Å²) in [5.74, 6) is 1.66. The van der Waals surface area contributed by atoms with Gasteiger partial charge < -0.3 is 14.6 Å². The number of hydrogen-bond acceptors (Lipinski definition) is 3. The van der Waals surface area contributed by atoms with Crippen molar-refractivity contribution in [1.82, 2.24) is 0 Å². The fourth-order valence-electron chi connectivity index (χ4n) is 1.94. The van der Waals surface area contributed by atoms with Crippen molar-refractivity contribution in [2.75, 3.05) is 14.2 Å². The Morgan fingerprint density at radius 3 is 2.22 bits per heavy atom. The molecule has 0 heterocycles. The molecule has 94 valence electrons. The summed E-state index contributed by atoms with van der Waals surface area (Å²) in [6.45, 7) is 2.01. The molecule has 3 nitrogen and oxygen atoms in total. The first-order valence-corrected chi connectivity index (χ1v) is 5.67. The highest BCUT2D eigenvalue weighted by Gasteiger charge is 2.06. The Bertz CT molecular complexity index is 562. The van der Waals surface area contributed by atoms with Gasteiger partial charge in [0.25, 0.3) is 0 Å². The lowest BCUT2D eigenvalue weighted by atomic mass is 10.00. The Kier molecular flexibility index (Phi) is 3.42. The van der Waals surface area contributed by atoms with E-state index in [0.29, 0.717) is 5.75 Å². The van der Waals surface area contributed by atoms with Gasteiger partial charge in [0.2, 0.25) is 0 Å². The number of rotatable bonds is 3. The summed E-state index contributed by atoms with van der Waals surface area (Å²) < 4.78 is 10.3. The molecule has 18 heavy (non-hydrogen) atoms. The Balaban J connectivity index is 2.51.